The summed E-state index contributed by atoms with van der Waals surface area (Å²) < 4.78 is 32.3. The summed E-state index contributed by atoms with van der Waals surface area (Å²) in [6.45, 7) is 2.62. The fraction of sp³-hybridized carbons (Fsp3) is 0.348. The van der Waals surface area contributed by atoms with E-state index in [9.17, 15) is 13.6 Å². The second-order valence-corrected chi connectivity index (χ2v) is 8.26. The number of anilines is 1. The van der Waals surface area contributed by atoms with Gasteiger partial charge < -0.3 is 9.73 Å². The van der Waals surface area contributed by atoms with Crippen molar-refractivity contribution in [2.45, 2.75) is 25.8 Å². The molecule has 2 heterocycles. The van der Waals surface area contributed by atoms with E-state index in [0.29, 0.717) is 5.69 Å². The van der Waals surface area contributed by atoms with Crippen LogP contribution in [0.2, 0.25) is 0 Å². The zero-order chi connectivity index (χ0) is 20.0. The molecule has 0 unspecified atom stereocenters. The van der Waals surface area contributed by atoms with Crippen LogP contribution in [-0.4, -0.2) is 23.9 Å². The molecule has 1 saturated heterocycles. The van der Waals surface area contributed by atoms with Crippen LogP contribution in [0, 0.1) is 23.0 Å². The van der Waals surface area contributed by atoms with Crippen molar-refractivity contribution in [1.29, 1.82) is 0 Å². The van der Waals surface area contributed by atoms with Crippen molar-refractivity contribution in [3.05, 3.63) is 65.9 Å². The van der Waals surface area contributed by atoms with Gasteiger partial charge in [-0.05, 0) is 62.0 Å². The maximum absolute atomic E-state index is 13.3. The normalized spacial score (nSPS) is 20.8. The van der Waals surface area contributed by atoms with Crippen molar-refractivity contribution in [1.82, 2.24) is 4.90 Å². The molecule has 5 rings (SSSR count). The summed E-state index contributed by atoms with van der Waals surface area (Å²) in [6, 6.07) is 13.5. The Hall–Kier alpha value is -2.73. The Balaban J connectivity index is 1.16. The summed E-state index contributed by atoms with van der Waals surface area (Å²) in [5.41, 5.74) is 1.26. The molecule has 1 atom stereocenters. The monoisotopic (exact) mass is 396 g/mol. The van der Waals surface area contributed by atoms with Crippen LogP contribution in [0.1, 0.15) is 25.0 Å². The number of amides is 1. The molecule has 1 spiro atoms. The standard InChI is InChI=1S/C23H22F2N2O2/c24-19-6-5-16(12-20(19)25)26-22(28)18-13-23(18)7-9-27(10-8-23)14-17-11-15-3-1-2-4-21(15)29-17/h1-6,11-12,18H,7-10,13-14H2,(H,26,28)/t18-/m1/s1. The van der Waals surface area contributed by atoms with Gasteiger partial charge in [-0.2, -0.15) is 0 Å². The highest BCUT2D eigenvalue weighted by molar-refractivity contribution is 5.95. The molecule has 6 heteroatoms. The van der Waals surface area contributed by atoms with Gasteiger partial charge in [0, 0.05) is 23.1 Å². The smallest absolute Gasteiger partial charge is 0.228 e. The fourth-order valence-corrected chi connectivity index (χ4v) is 4.57. The van der Waals surface area contributed by atoms with E-state index in [4.69, 9.17) is 4.42 Å². The lowest BCUT2D eigenvalue weighted by Gasteiger charge is -2.32. The van der Waals surface area contributed by atoms with Gasteiger partial charge in [-0.25, -0.2) is 8.78 Å². The molecule has 1 aliphatic heterocycles. The Kier molecular flexibility index (Phi) is 4.39. The van der Waals surface area contributed by atoms with Gasteiger partial charge in [0.15, 0.2) is 11.6 Å². The van der Waals surface area contributed by atoms with Gasteiger partial charge in [0.25, 0.3) is 0 Å². The van der Waals surface area contributed by atoms with Crippen LogP contribution in [0.25, 0.3) is 11.0 Å². The number of benzene rings is 2. The number of hydrogen-bond donors (Lipinski definition) is 1. The summed E-state index contributed by atoms with van der Waals surface area (Å²) in [6.07, 6.45) is 2.78. The molecule has 4 nitrogen and oxygen atoms in total. The van der Waals surface area contributed by atoms with Gasteiger partial charge in [-0.3, -0.25) is 9.69 Å². The predicted octanol–water partition coefficient (Wildman–Crippen LogP) is 4.95. The van der Waals surface area contributed by atoms with Crippen molar-refractivity contribution in [2.24, 2.45) is 11.3 Å². The van der Waals surface area contributed by atoms with E-state index >= 15 is 0 Å². The molecule has 3 aromatic rings. The van der Waals surface area contributed by atoms with Gasteiger partial charge in [0.05, 0.1) is 6.54 Å². The largest absolute Gasteiger partial charge is 0.460 e. The van der Waals surface area contributed by atoms with E-state index in [-0.39, 0.29) is 17.2 Å². The quantitative estimate of drug-likeness (QED) is 0.679. The number of nitrogens with one attached hydrogen (secondary N) is 1. The number of para-hydroxylation sites is 1. The first kappa shape index (κ1) is 18.3. The van der Waals surface area contributed by atoms with Gasteiger partial charge in [0.1, 0.15) is 11.3 Å². The van der Waals surface area contributed by atoms with Crippen LogP contribution in [0.4, 0.5) is 14.5 Å². The van der Waals surface area contributed by atoms with Crippen LogP contribution < -0.4 is 5.32 Å². The molecule has 29 heavy (non-hydrogen) atoms. The van der Waals surface area contributed by atoms with E-state index in [1.165, 1.54) is 6.07 Å². The minimum atomic E-state index is -0.952. The zero-order valence-corrected chi connectivity index (χ0v) is 16.0. The molecule has 2 fully saturated rings. The van der Waals surface area contributed by atoms with Crippen molar-refractivity contribution in [3.8, 4) is 0 Å². The number of carbonyl (C=O) groups excluding carboxylic acids is 1. The first-order valence-electron chi connectivity index (χ1n) is 9.98. The van der Waals surface area contributed by atoms with E-state index in [2.05, 4.69) is 16.3 Å². The Morgan fingerprint density at radius 1 is 1.10 bits per heavy atom. The highest BCUT2D eigenvalue weighted by Gasteiger charge is 2.58. The summed E-state index contributed by atoms with van der Waals surface area (Å²) >= 11 is 0. The van der Waals surface area contributed by atoms with Gasteiger partial charge >= 0.3 is 0 Å². The number of piperidine rings is 1. The number of carbonyl (C=O) groups is 1. The zero-order valence-electron chi connectivity index (χ0n) is 16.0. The molecule has 0 radical (unpaired) electrons. The summed E-state index contributed by atoms with van der Waals surface area (Å²) in [5.74, 6) is -1.05. The maximum Gasteiger partial charge on any atom is 0.228 e. The molecule has 1 aliphatic carbocycles. The highest BCUT2D eigenvalue weighted by Crippen LogP contribution is 2.59. The molecule has 150 valence electrons. The van der Waals surface area contributed by atoms with Crippen LogP contribution in [-0.2, 0) is 11.3 Å². The molecule has 2 aromatic carbocycles. The molecular formula is C23H22F2N2O2. The van der Waals surface area contributed by atoms with Crippen molar-refractivity contribution < 1.29 is 18.0 Å². The van der Waals surface area contributed by atoms with E-state index in [1.54, 1.807) is 0 Å². The third-order valence-electron chi connectivity index (χ3n) is 6.40. The van der Waals surface area contributed by atoms with Crippen molar-refractivity contribution in [2.75, 3.05) is 18.4 Å². The van der Waals surface area contributed by atoms with E-state index in [0.717, 1.165) is 67.8 Å². The second kappa shape index (κ2) is 6.95. The minimum absolute atomic E-state index is 0.0486. The summed E-state index contributed by atoms with van der Waals surface area (Å²) in [7, 11) is 0. The number of likely N-dealkylation sites (tertiary alicyclic amines) is 1. The highest BCUT2D eigenvalue weighted by atomic mass is 19.2. The topological polar surface area (TPSA) is 45.5 Å². The minimum Gasteiger partial charge on any atom is -0.460 e. The Morgan fingerprint density at radius 2 is 1.90 bits per heavy atom. The average molecular weight is 396 g/mol. The summed E-state index contributed by atoms with van der Waals surface area (Å²) in [4.78, 5) is 14.9. The molecule has 0 bridgehead atoms. The summed E-state index contributed by atoms with van der Waals surface area (Å²) in [5, 5.41) is 3.85. The van der Waals surface area contributed by atoms with Gasteiger partial charge in [0.2, 0.25) is 5.91 Å². The molecule has 1 amide bonds. The number of hydrogen-bond acceptors (Lipinski definition) is 3. The lowest BCUT2D eigenvalue weighted by atomic mass is 9.90. The number of fused-ring (bicyclic) bond motifs is 1. The third kappa shape index (κ3) is 3.53. The van der Waals surface area contributed by atoms with Gasteiger partial charge in [-0.1, -0.05) is 18.2 Å². The van der Waals surface area contributed by atoms with Crippen molar-refractivity contribution in [3.63, 3.8) is 0 Å². The van der Waals surface area contributed by atoms with E-state index in [1.807, 2.05) is 24.3 Å². The first-order chi connectivity index (χ1) is 14.0. The molecule has 1 N–H and O–H groups in total. The van der Waals surface area contributed by atoms with Crippen molar-refractivity contribution >= 4 is 22.6 Å². The van der Waals surface area contributed by atoms with E-state index < -0.39 is 11.6 Å². The van der Waals surface area contributed by atoms with Crippen LogP contribution in [0.15, 0.2) is 52.9 Å². The lowest BCUT2D eigenvalue weighted by Crippen LogP contribution is -2.35. The third-order valence-corrected chi connectivity index (χ3v) is 6.40. The first-order valence-corrected chi connectivity index (χ1v) is 9.98. The Bertz CT molecular complexity index is 1040. The number of rotatable bonds is 4. The Labute approximate surface area is 167 Å². The fourth-order valence-electron chi connectivity index (χ4n) is 4.57. The lowest BCUT2D eigenvalue weighted by molar-refractivity contribution is -0.118. The number of furan rings is 1. The molecular weight excluding hydrogens is 374 g/mol. The van der Waals surface area contributed by atoms with Crippen LogP contribution in [0.5, 0.6) is 0 Å². The molecule has 1 aromatic heterocycles. The van der Waals surface area contributed by atoms with Gasteiger partial charge in [-0.15, -0.1) is 0 Å². The number of nitrogens with zero attached hydrogens (tertiary/aromatic N) is 1. The van der Waals surface area contributed by atoms with Crippen LogP contribution >= 0.6 is 0 Å². The van der Waals surface area contributed by atoms with Crippen LogP contribution in [0.3, 0.4) is 0 Å². The average Bonchev–Trinajstić information content (AvgIpc) is 3.26. The number of halogens is 2. The molecule has 1 saturated carbocycles. The second-order valence-electron chi connectivity index (χ2n) is 8.26. The SMILES string of the molecule is O=C(Nc1ccc(F)c(F)c1)[C@H]1CC12CCN(Cc1cc3ccccc3o1)CC2. The molecule has 2 aliphatic rings. The predicted molar refractivity (Wildman–Crippen MR) is 106 cm³/mol. The maximum atomic E-state index is 13.3. The Morgan fingerprint density at radius 3 is 2.66 bits per heavy atom.